The van der Waals surface area contributed by atoms with Crippen molar-refractivity contribution in [1.29, 1.82) is 0 Å². The Morgan fingerprint density at radius 2 is 1.68 bits per heavy atom. The summed E-state index contributed by atoms with van der Waals surface area (Å²) in [5, 5.41) is 2.73. The largest absolute Gasteiger partial charge is 0.345 e. The van der Waals surface area contributed by atoms with E-state index in [1.165, 1.54) is 29.2 Å². The zero-order valence-corrected chi connectivity index (χ0v) is 15.3. The predicted octanol–water partition coefficient (Wildman–Crippen LogP) is 2.35. The molecule has 6 nitrogen and oxygen atoms in total. The van der Waals surface area contributed by atoms with Crippen LogP contribution in [0, 0.1) is 6.92 Å². The van der Waals surface area contributed by atoms with Gasteiger partial charge in [0.1, 0.15) is 0 Å². The number of nitrogens with one attached hydrogen (secondary N) is 1. The number of hydrogen-bond donors (Lipinski definition) is 1. The van der Waals surface area contributed by atoms with Gasteiger partial charge in [0.2, 0.25) is 0 Å². The Kier molecular flexibility index (Phi) is 5.27. The van der Waals surface area contributed by atoms with E-state index in [0.29, 0.717) is 16.8 Å². The van der Waals surface area contributed by atoms with Crippen molar-refractivity contribution in [3.63, 3.8) is 0 Å². The van der Waals surface area contributed by atoms with Crippen LogP contribution in [0.4, 0.5) is 5.69 Å². The van der Waals surface area contributed by atoms with Gasteiger partial charge in [0, 0.05) is 37.2 Å². The lowest BCUT2D eigenvalue weighted by Gasteiger charge is -2.15. The highest BCUT2D eigenvalue weighted by atomic mass is 32.2. The van der Waals surface area contributed by atoms with E-state index in [0.717, 1.165) is 6.26 Å². The Bertz CT molecular complexity index is 934. The summed E-state index contributed by atoms with van der Waals surface area (Å²) in [5.41, 5.74) is 1.87. The van der Waals surface area contributed by atoms with Crippen molar-refractivity contribution >= 4 is 27.3 Å². The molecule has 0 heterocycles. The molecule has 0 saturated carbocycles. The third kappa shape index (κ3) is 4.24. The zero-order chi connectivity index (χ0) is 18.8. The van der Waals surface area contributed by atoms with E-state index in [-0.39, 0.29) is 16.4 Å². The van der Waals surface area contributed by atoms with Crippen LogP contribution in [0.25, 0.3) is 0 Å². The Labute approximate surface area is 147 Å². The molecule has 0 aliphatic rings. The van der Waals surface area contributed by atoms with Crippen LogP contribution in [0.5, 0.6) is 0 Å². The van der Waals surface area contributed by atoms with Crippen molar-refractivity contribution in [2.75, 3.05) is 25.7 Å². The first kappa shape index (κ1) is 18.7. The summed E-state index contributed by atoms with van der Waals surface area (Å²) in [7, 11) is -0.0846. The van der Waals surface area contributed by atoms with E-state index in [4.69, 9.17) is 0 Å². The van der Waals surface area contributed by atoms with Gasteiger partial charge in [-0.15, -0.1) is 0 Å². The number of hydrogen-bond acceptors (Lipinski definition) is 4. The number of anilines is 1. The summed E-state index contributed by atoms with van der Waals surface area (Å²) in [5.74, 6) is -0.601. The van der Waals surface area contributed by atoms with E-state index in [9.17, 15) is 18.0 Å². The Hall–Kier alpha value is -2.67. The van der Waals surface area contributed by atoms with Gasteiger partial charge < -0.3 is 10.2 Å². The lowest BCUT2D eigenvalue weighted by molar-refractivity contribution is 0.0826. The molecule has 132 valence electrons. The van der Waals surface area contributed by atoms with E-state index >= 15 is 0 Å². The number of nitrogens with zero attached hydrogens (tertiary/aromatic N) is 1. The summed E-state index contributed by atoms with van der Waals surface area (Å²) >= 11 is 0. The second-order valence-electron chi connectivity index (χ2n) is 5.93. The quantitative estimate of drug-likeness (QED) is 0.907. The maximum Gasteiger partial charge on any atom is 0.255 e. The minimum atomic E-state index is -3.40. The molecule has 0 saturated heterocycles. The molecule has 0 radical (unpaired) electrons. The van der Waals surface area contributed by atoms with Crippen LogP contribution in [0.15, 0.2) is 47.4 Å². The van der Waals surface area contributed by atoms with Gasteiger partial charge in [-0.1, -0.05) is 12.1 Å². The summed E-state index contributed by atoms with van der Waals surface area (Å²) in [6.07, 6.45) is 1.09. The molecule has 0 atom stereocenters. The number of rotatable bonds is 4. The normalized spacial score (nSPS) is 11.0. The molecule has 7 heteroatoms. The molecule has 2 amide bonds. The molecule has 0 unspecified atom stereocenters. The maximum absolute atomic E-state index is 12.5. The maximum atomic E-state index is 12.5. The molecular weight excluding hydrogens is 340 g/mol. The van der Waals surface area contributed by atoms with E-state index in [1.807, 2.05) is 0 Å². The number of sulfone groups is 1. The molecule has 0 spiro atoms. The standard InChI is InChI=1S/C18H20N2O4S/c1-12-15(18(22)20(2)3)9-6-10-16(12)19-17(21)13-7-5-8-14(11-13)25(4,23)24/h5-11H,1-4H3,(H,19,21). The minimum Gasteiger partial charge on any atom is -0.345 e. The molecule has 0 bridgehead atoms. The zero-order valence-electron chi connectivity index (χ0n) is 14.5. The molecule has 2 rings (SSSR count). The van der Waals surface area contributed by atoms with Gasteiger partial charge >= 0.3 is 0 Å². The molecular formula is C18H20N2O4S. The van der Waals surface area contributed by atoms with Crippen LogP contribution < -0.4 is 5.32 Å². The third-order valence-electron chi connectivity index (χ3n) is 3.74. The van der Waals surface area contributed by atoms with Gasteiger partial charge in [0.25, 0.3) is 11.8 Å². The van der Waals surface area contributed by atoms with Crippen molar-refractivity contribution in [1.82, 2.24) is 4.90 Å². The third-order valence-corrected chi connectivity index (χ3v) is 4.85. The fourth-order valence-corrected chi connectivity index (χ4v) is 2.97. The molecule has 2 aromatic rings. The van der Waals surface area contributed by atoms with Gasteiger partial charge in [-0.05, 0) is 42.8 Å². The number of amides is 2. The molecule has 25 heavy (non-hydrogen) atoms. The van der Waals surface area contributed by atoms with E-state index < -0.39 is 15.7 Å². The van der Waals surface area contributed by atoms with Crippen molar-refractivity contribution < 1.29 is 18.0 Å². The highest BCUT2D eigenvalue weighted by molar-refractivity contribution is 7.90. The Morgan fingerprint density at radius 1 is 1.04 bits per heavy atom. The summed E-state index contributed by atoms with van der Waals surface area (Å²) in [6.45, 7) is 1.75. The first-order valence-electron chi connectivity index (χ1n) is 7.54. The van der Waals surface area contributed by atoms with Crippen molar-refractivity contribution in [2.24, 2.45) is 0 Å². The second kappa shape index (κ2) is 7.06. The Balaban J connectivity index is 2.33. The Morgan fingerprint density at radius 3 is 2.28 bits per heavy atom. The summed E-state index contributed by atoms with van der Waals surface area (Å²) < 4.78 is 23.3. The van der Waals surface area contributed by atoms with E-state index in [1.54, 1.807) is 39.2 Å². The van der Waals surface area contributed by atoms with Crippen molar-refractivity contribution in [3.05, 3.63) is 59.2 Å². The van der Waals surface area contributed by atoms with E-state index in [2.05, 4.69) is 5.32 Å². The number of carbonyl (C=O) groups is 2. The van der Waals surface area contributed by atoms with Gasteiger partial charge in [-0.3, -0.25) is 9.59 Å². The molecule has 0 aliphatic carbocycles. The van der Waals surface area contributed by atoms with Gasteiger partial charge in [-0.2, -0.15) is 0 Å². The monoisotopic (exact) mass is 360 g/mol. The summed E-state index contributed by atoms with van der Waals surface area (Å²) in [4.78, 5) is 26.2. The second-order valence-corrected chi connectivity index (χ2v) is 7.95. The number of benzene rings is 2. The van der Waals surface area contributed by atoms with Gasteiger partial charge in [0.05, 0.1) is 4.90 Å². The smallest absolute Gasteiger partial charge is 0.255 e. The highest BCUT2D eigenvalue weighted by Crippen LogP contribution is 2.21. The fraction of sp³-hybridized carbons (Fsp3) is 0.222. The average molecular weight is 360 g/mol. The van der Waals surface area contributed by atoms with Gasteiger partial charge in [-0.25, -0.2) is 8.42 Å². The fourth-order valence-electron chi connectivity index (χ4n) is 2.31. The summed E-state index contributed by atoms with van der Waals surface area (Å²) in [6, 6.07) is 10.9. The van der Waals surface area contributed by atoms with Crippen LogP contribution in [0.3, 0.4) is 0 Å². The van der Waals surface area contributed by atoms with Crippen LogP contribution in [-0.2, 0) is 9.84 Å². The highest BCUT2D eigenvalue weighted by Gasteiger charge is 2.16. The lowest BCUT2D eigenvalue weighted by Crippen LogP contribution is -2.23. The minimum absolute atomic E-state index is 0.0772. The molecule has 0 fully saturated rings. The molecule has 2 aromatic carbocycles. The van der Waals surface area contributed by atoms with Crippen LogP contribution in [-0.4, -0.2) is 45.5 Å². The van der Waals surface area contributed by atoms with Crippen LogP contribution >= 0.6 is 0 Å². The van der Waals surface area contributed by atoms with Crippen molar-refractivity contribution in [3.8, 4) is 0 Å². The molecule has 1 N–H and O–H groups in total. The molecule has 0 aromatic heterocycles. The van der Waals surface area contributed by atoms with Crippen LogP contribution in [0.2, 0.25) is 0 Å². The first-order chi connectivity index (χ1) is 11.6. The van der Waals surface area contributed by atoms with Crippen molar-refractivity contribution in [2.45, 2.75) is 11.8 Å². The number of carbonyl (C=O) groups excluding carboxylic acids is 2. The van der Waals surface area contributed by atoms with Crippen LogP contribution in [0.1, 0.15) is 26.3 Å². The predicted molar refractivity (Wildman–Crippen MR) is 96.7 cm³/mol. The van der Waals surface area contributed by atoms with Gasteiger partial charge in [0.15, 0.2) is 9.84 Å². The topological polar surface area (TPSA) is 83.5 Å². The first-order valence-corrected chi connectivity index (χ1v) is 9.43. The SMILES string of the molecule is Cc1c(NC(=O)c2cccc(S(C)(=O)=O)c2)cccc1C(=O)N(C)C. The molecule has 0 aliphatic heterocycles. The lowest BCUT2D eigenvalue weighted by atomic mass is 10.1. The average Bonchev–Trinajstić information content (AvgIpc) is 2.55.